The van der Waals surface area contributed by atoms with Crippen molar-refractivity contribution in [2.45, 2.75) is 26.3 Å². The molecule has 112 valence electrons. The van der Waals surface area contributed by atoms with Gasteiger partial charge in [0.25, 0.3) is 0 Å². The van der Waals surface area contributed by atoms with Gasteiger partial charge in [0.05, 0.1) is 11.6 Å². The normalized spacial score (nSPS) is 11.3. The molecule has 22 heavy (non-hydrogen) atoms. The average molecular weight is 293 g/mol. The Bertz CT molecular complexity index is 686. The number of anilines is 2. The molecule has 0 aliphatic heterocycles. The Kier molecular flexibility index (Phi) is 5.16. The molecule has 0 saturated heterocycles. The Morgan fingerprint density at radius 2 is 1.91 bits per heavy atom. The smallest absolute Gasteiger partial charge is 0.246 e. The van der Waals surface area contributed by atoms with Crippen molar-refractivity contribution in [1.82, 2.24) is 0 Å². The molecule has 0 spiro atoms. The molecule has 4 nitrogen and oxygen atoms in total. The third-order valence-electron chi connectivity index (χ3n) is 3.39. The number of nitrogens with one attached hydrogen (secondary N) is 2. The van der Waals surface area contributed by atoms with E-state index < -0.39 is 0 Å². The lowest BCUT2D eigenvalue weighted by atomic mass is 10.1. The van der Waals surface area contributed by atoms with Gasteiger partial charge in [-0.1, -0.05) is 19.1 Å². The Morgan fingerprint density at radius 1 is 1.18 bits per heavy atom. The lowest BCUT2D eigenvalue weighted by molar-refractivity contribution is -0.116. The predicted molar refractivity (Wildman–Crippen MR) is 88.7 cm³/mol. The van der Waals surface area contributed by atoms with Gasteiger partial charge in [0, 0.05) is 11.4 Å². The number of carbonyl (C=O) groups excluding carboxylic acids is 1. The van der Waals surface area contributed by atoms with Crippen molar-refractivity contribution in [3.05, 3.63) is 59.7 Å². The van der Waals surface area contributed by atoms with E-state index in [9.17, 15) is 4.79 Å². The molecule has 1 atom stereocenters. The second-order valence-corrected chi connectivity index (χ2v) is 5.10. The number of nitrogens with zero attached hydrogens (tertiary/aromatic N) is 1. The van der Waals surface area contributed by atoms with Gasteiger partial charge < -0.3 is 10.6 Å². The predicted octanol–water partition coefficient (Wildman–Crippen LogP) is 3.56. The van der Waals surface area contributed by atoms with Crippen LogP contribution in [-0.2, 0) is 11.2 Å². The third kappa shape index (κ3) is 4.10. The standard InChI is InChI=1S/C18H19N3O/c1-3-14-5-4-6-17(11-14)20-13(2)18(22)21-16-9-7-15(12-19)8-10-16/h4-11,13,20H,3H2,1-2H3,(H,21,22)/t13-/m0/s1. The summed E-state index contributed by atoms with van der Waals surface area (Å²) in [6, 6.07) is 16.5. The number of hydrogen-bond acceptors (Lipinski definition) is 3. The van der Waals surface area contributed by atoms with Gasteiger partial charge in [0.2, 0.25) is 5.91 Å². The van der Waals surface area contributed by atoms with Crippen LogP contribution in [0, 0.1) is 11.3 Å². The van der Waals surface area contributed by atoms with Crippen molar-refractivity contribution in [1.29, 1.82) is 5.26 Å². The molecule has 2 N–H and O–H groups in total. The number of rotatable bonds is 5. The summed E-state index contributed by atoms with van der Waals surface area (Å²) < 4.78 is 0. The molecule has 2 aromatic rings. The quantitative estimate of drug-likeness (QED) is 0.886. The van der Waals surface area contributed by atoms with E-state index >= 15 is 0 Å². The maximum absolute atomic E-state index is 12.2. The summed E-state index contributed by atoms with van der Waals surface area (Å²) in [5.41, 5.74) is 3.41. The minimum Gasteiger partial charge on any atom is -0.374 e. The molecule has 0 bridgehead atoms. The van der Waals surface area contributed by atoms with E-state index in [1.165, 1.54) is 5.56 Å². The zero-order chi connectivity index (χ0) is 15.9. The first-order valence-corrected chi connectivity index (χ1v) is 7.29. The van der Waals surface area contributed by atoms with E-state index in [0.29, 0.717) is 11.3 Å². The first kappa shape index (κ1) is 15.6. The van der Waals surface area contributed by atoms with Gasteiger partial charge >= 0.3 is 0 Å². The van der Waals surface area contributed by atoms with E-state index in [-0.39, 0.29) is 11.9 Å². The summed E-state index contributed by atoms with van der Waals surface area (Å²) in [4.78, 5) is 12.2. The molecule has 0 radical (unpaired) electrons. The average Bonchev–Trinajstić information content (AvgIpc) is 2.55. The molecule has 2 rings (SSSR count). The number of carbonyl (C=O) groups is 1. The Hall–Kier alpha value is -2.80. The highest BCUT2D eigenvalue weighted by atomic mass is 16.2. The Labute approximate surface area is 130 Å². The zero-order valence-corrected chi connectivity index (χ0v) is 12.8. The molecular formula is C18H19N3O. The molecule has 2 aromatic carbocycles. The van der Waals surface area contributed by atoms with Gasteiger partial charge in [-0.15, -0.1) is 0 Å². The number of benzene rings is 2. The van der Waals surface area contributed by atoms with Gasteiger partial charge in [-0.3, -0.25) is 4.79 Å². The van der Waals surface area contributed by atoms with Crippen LogP contribution in [0.25, 0.3) is 0 Å². The van der Waals surface area contributed by atoms with Crippen molar-refractivity contribution in [2.75, 3.05) is 10.6 Å². The van der Waals surface area contributed by atoms with Crippen molar-refractivity contribution in [3.63, 3.8) is 0 Å². The molecular weight excluding hydrogens is 274 g/mol. The van der Waals surface area contributed by atoms with E-state index in [0.717, 1.165) is 12.1 Å². The SMILES string of the molecule is CCc1cccc(N[C@@H](C)C(=O)Nc2ccc(C#N)cc2)c1. The van der Waals surface area contributed by atoms with Gasteiger partial charge in [0.15, 0.2) is 0 Å². The van der Waals surface area contributed by atoms with E-state index in [4.69, 9.17) is 5.26 Å². The van der Waals surface area contributed by atoms with Crippen LogP contribution in [0.1, 0.15) is 25.0 Å². The molecule has 0 aliphatic rings. The zero-order valence-electron chi connectivity index (χ0n) is 12.8. The van der Waals surface area contributed by atoms with Gasteiger partial charge in [-0.25, -0.2) is 0 Å². The summed E-state index contributed by atoms with van der Waals surface area (Å²) >= 11 is 0. The largest absolute Gasteiger partial charge is 0.374 e. The number of amides is 1. The minimum absolute atomic E-state index is 0.119. The first-order chi connectivity index (χ1) is 10.6. The molecule has 0 saturated carbocycles. The summed E-state index contributed by atoms with van der Waals surface area (Å²) in [7, 11) is 0. The second kappa shape index (κ2) is 7.28. The van der Waals surface area contributed by atoms with Crippen molar-refractivity contribution >= 4 is 17.3 Å². The molecule has 0 unspecified atom stereocenters. The Balaban J connectivity index is 1.97. The highest BCUT2D eigenvalue weighted by Crippen LogP contribution is 2.14. The van der Waals surface area contributed by atoms with Crippen LogP contribution in [0.4, 0.5) is 11.4 Å². The highest BCUT2D eigenvalue weighted by Gasteiger charge is 2.12. The summed E-state index contributed by atoms with van der Waals surface area (Å²) in [5, 5.41) is 14.8. The van der Waals surface area contributed by atoms with Gasteiger partial charge in [-0.05, 0) is 55.3 Å². The number of hydrogen-bond donors (Lipinski definition) is 2. The summed E-state index contributed by atoms with van der Waals surface area (Å²) in [6.45, 7) is 3.91. The van der Waals surface area contributed by atoms with E-state index in [2.05, 4.69) is 23.6 Å². The maximum Gasteiger partial charge on any atom is 0.246 e. The van der Waals surface area contributed by atoms with Crippen molar-refractivity contribution in [2.24, 2.45) is 0 Å². The fourth-order valence-electron chi connectivity index (χ4n) is 2.08. The molecule has 4 heteroatoms. The molecule has 1 amide bonds. The van der Waals surface area contributed by atoms with E-state index in [1.807, 2.05) is 31.2 Å². The monoisotopic (exact) mass is 293 g/mol. The molecule has 0 aliphatic carbocycles. The number of aryl methyl sites for hydroxylation is 1. The Morgan fingerprint density at radius 3 is 2.55 bits per heavy atom. The fourth-order valence-corrected chi connectivity index (χ4v) is 2.08. The van der Waals surface area contributed by atoms with Crippen molar-refractivity contribution < 1.29 is 4.79 Å². The van der Waals surface area contributed by atoms with Crippen LogP contribution in [0.5, 0.6) is 0 Å². The van der Waals surface area contributed by atoms with Gasteiger partial charge in [0.1, 0.15) is 6.04 Å². The van der Waals surface area contributed by atoms with Crippen LogP contribution in [-0.4, -0.2) is 11.9 Å². The van der Waals surface area contributed by atoms with Crippen LogP contribution in [0.15, 0.2) is 48.5 Å². The minimum atomic E-state index is -0.359. The third-order valence-corrected chi connectivity index (χ3v) is 3.39. The lowest BCUT2D eigenvalue weighted by Gasteiger charge is -2.16. The second-order valence-electron chi connectivity index (χ2n) is 5.10. The summed E-state index contributed by atoms with van der Waals surface area (Å²) in [5.74, 6) is -0.119. The molecule has 0 fully saturated rings. The first-order valence-electron chi connectivity index (χ1n) is 7.29. The maximum atomic E-state index is 12.2. The molecule has 0 heterocycles. The van der Waals surface area contributed by atoms with E-state index in [1.54, 1.807) is 24.3 Å². The van der Waals surface area contributed by atoms with Gasteiger partial charge in [-0.2, -0.15) is 5.26 Å². The lowest BCUT2D eigenvalue weighted by Crippen LogP contribution is -2.31. The van der Waals surface area contributed by atoms with Crippen LogP contribution in [0.3, 0.4) is 0 Å². The fraction of sp³-hybridized carbons (Fsp3) is 0.222. The molecule has 0 aromatic heterocycles. The van der Waals surface area contributed by atoms with Crippen LogP contribution in [0.2, 0.25) is 0 Å². The topological polar surface area (TPSA) is 64.9 Å². The van der Waals surface area contributed by atoms with Crippen molar-refractivity contribution in [3.8, 4) is 6.07 Å². The summed E-state index contributed by atoms with van der Waals surface area (Å²) in [6.07, 6.45) is 0.960. The highest BCUT2D eigenvalue weighted by molar-refractivity contribution is 5.96. The van der Waals surface area contributed by atoms with Crippen LogP contribution >= 0.6 is 0 Å². The number of nitriles is 1. The van der Waals surface area contributed by atoms with Crippen LogP contribution < -0.4 is 10.6 Å².